The van der Waals surface area contributed by atoms with Gasteiger partial charge in [-0.25, -0.2) is 4.98 Å². The van der Waals surface area contributed by atoms with Crippen LogP contribution in [0, 0.1) is 11.3 Å². The lowest BCUT2D eigenvalue weighted by Gasteiger charge is -2.08. The maximum Gasteiger partial charge on any atom is 0.128 e. The second kappa shape index (κ2) is 5.17. The molecule has 0 bridgehead atoms. The third-order valence-corrected chi connectivity index (χ3v) is 2.63. The molecule has 1 N–H and O–H groups in total. The molecule has 4 heteroatoms. The van der Waals surface area contributed by atoms with Crippen molar-refractivity contribution in [3.8, 4) is 6.07 Å². The fraction of sp³-hybridized carbons (Fsp3) is 0.231. The zero-order valence-electron chi connectivity index (χ0n) is 9.72. The summed E-state index contributed by atoms with van der Waals surface area (Å²) in [6, 6.07) is 9.64. The normalized spacial score (nSPS) is 9.88. The number of benzene rings is 1. The van der Waals surface area contributed by atoms with Crippen LogP contribution in [0.5, 0.6) is 0 Å². The van der Waals surface area contributed by atoms with E-state index in [-0.39, 0.29) is 0 Å². The van der Waals surface area contributed by atoms with E-state index in [2.05, 4.69) is 27.9 Å². The number of rotatable bonds is 4. The average molecular weight is 226 g/mol. The van der Waals surface area contributed by atoms with Crippen molar-refractivity contribution in [1.29, 1.82) is 5.26 Å². The highest BCUT2D eigenvalue weighted by molar-refractivity contribution is 5.57. The van der Waals surface area contributed by atoms with Crippen molar-refractivity contribution >= 4 is 5.69 Å². The summed E-state index contributed by atoms with van der Waals surface area (Å²) in [5, 5.41) is 12.2. The van der Waals surface area contributed by atoms with Gasteiger partial charge in [-0.3, -0.25) is 0 Å². The van der Waals surface area contributed by atoms with E-state index in [0.717, 1.165) is 18.1 Å². The molecule has 0 amide bonds. The molecule has 0 saturated carbocycles. The molecule has 0 aliphatic heterocycles. The summed E-state index contributed by atoms with van der Waals surface area (Å²) in [6.07, 6.45) is 3.74. The van der Waals surface area contributed by atoms with E-state index in [0.29, 0.717) is 12.1 Å². The number of imidazole rings is 1. The van der Waals surface area contributed by atoms with Crippen LogP contribution in [0.4, 0.5) is 5.69 Å². The first kappa shape index (κ1) is 11.2. The van der Waals surface area contributed by atoms with Gasteiger partial charge in [0.05, 0.1) is 17.8 Å². The van der Waals surface area contributed by atoms with Crippen molar-refractivity contribution in [3.63, 3.8) is 0 Å². The van der Waals surface area contributed by atoms with Crippen LogP contribution in [0.15, 0.2) is 36.7 Å². The second-order valence-electron chi connectivity index (χ2n) is 3.64. The maximum absolute atomic E-state index is 8.97. The van der Waals surface area contributed by atoms with Crippen LogP contribution in [0.2, 0.25) is 0 Å². The molecular formula is C13H14N4. The summed E-state index contributed by atoms with van der Waals surface area (Å²) in [5.74, 6) is 0.972. The number of nitriles is 1. The molecule has 0 atom stereocenters. The summed E-state index contributed by atoms with van der Waals surface area (Å²) in [5.41, 5.74) is 1.50. The zero-order chi connectivity index (χ0) is 12.1. The Morgan fingerprint density at radius 3 is 3.00 bits per heavy atom. The molecule has 4 nitrogen and oxygen atoms in total. The van der Waals surface area contributed by atoms with Gasteiger partial charge in [0.15, 0.2) is 0 Å². The van der Waals surface area contributed by atoms with Gasteiger partial charge in [0.1, 0.15) is 11.9 Å². The molecule has 1 aromatic carbocycles. The molecular weight excluding hydrogens is 212 g/mol. The van der Waals surface area contributed by atoms with Crippen LogP contribution < -0.4 is 5.32 Å². The van der Waals surface area contributed by atoms with Crippen LogP contribution >= 0.6 is 0 Å². The number of nitrogens with zero attached hydrogens (tertiary/aromatic N) is 3. The Morgan fingerprint density at radius 1 is 1.41 bits per heavy atom. The number of hydrogen-bond acceptors (Lipinski definition) is 3. The van der Waals surface area contributed by atoms with Crippen molar-refractivity contribution in [2.24, 2.45) is 0 Å². The monoisotopic (exact) mass is 226 g/mol. The van der Waals surface area contributed by atoms with Crippen molar-refractivity contribution in [1.82, 2.24) is 9.55 Å². The molecule has 0 spiro atoms. The summed E-state index contributed by atoms with van der Waals surface area (Å²) in [6.45, 7) is 3.60. The van der Waals surface area contributed by atoms with Crippen molar-refractivity contribution in [2.45, 2.75) is 20.0 Å². The van der Waals surface area contributed by atoms with Gasteiger partial charge in [0, 0.05) is 18.9 Å². The van der Waals surface area contributed by atoms with Gasteiger partial charge in [-0.05, 0) is 19.1 Å². The Kier molecular flexibility index (Phi) is 3.41. The van der Waals surface area contributed by atoms with Crippen LogP contribution in [0.25, 0.3) is 0 Å². The Bertz CT molecular complexity index is 536. The standard InChI is InChI=1S/C13H14N4/c1-2-17-8-7-15-13(17)10-16-12-6-4-3-5-11(12)9-14/h3-8,16H,2,10H2,1H3. The fourth-order valence-electron chi connectivity index (χ4n) is 1.70. The molecule has 1 heterocycles. The molecule has 2 rings (SSSR count). The van der Waals surface area contributed by atoms with Crippen molar-refractivity contribution < 1.29 is 0 Å². The average Bonchev–Trinajstić information content (AvgIpc) is 2.84. The highest BCUT2D eigenvalue weighted by Gasteiger charge is 2.03. The lowest BCUT2D eigenvalue weighted by atomic mass is 10.2. The minimum Gasteiger partial charge on any atom is -0.377 e. The predicted octanol–water partition coefficient (Wildman–Crippen LogP) is 2.39. The molecule has 17 heavy (non-hydrogen) atoms. The number of nitrogens with one attached hydrogen (secondary N) is 1. The quantitative estimate of drug-likeness (QED) is 0.870. The highest BCUT2D eigenvalue weighted by Crippen LogP contribution is 2.14. The third kappa shape index (κ3) is 2.45. The highest BCUT2D eigenvalue weighted by atomic mass is 15.1. The van der Waals surface area contributed by atoms with Gasteiger partial charge >= 0.3 is 0 Å². The fourth-order valence-corrected chi connectivity index (χ4v) is 1.70. The maximum atomic E-state index is 8.97. The van der Waals surface area contributed by atoms with Gasteiger partial charge in [0.2, 0.25) is 0 Å². The van der Waals surface area contributed by atoms with Gasteiger partial charge in [-0.1, -0.05) is 12.1 Å². The number of anilines is 1. The van der Waals surface area contributed by atoms with E-state index < -0.39 is 0 Å². The molecule has 86 valence electrons. The van der Waals surface area contributed by atoms with Crippen molar-refractivity contribution in [2.75, 3.05) is 5.32 Å². The Hall–Kier alpha value is -2.28. The minimum absolute atomic E-state index is 0.625. The summed E-state index contributed by atoms with van der Waals surface area (Å²) in [7, 11) is 0. The summed E-state index contributed by atoms with van der Waals surface area (Å²) in [4.78, 5) is 4.28. The molecule has 0 aliphatic rings. The van der Waals surface area contributed by atoms with Crippen LogP contribution in [-0.4, -0.2) is 9.55 Å². The molecule has 0 unspecified atom stereocenters. The van der Waals surface area contributed by atoms with Crippen LogP contribution in [0.3, 0.4) is 0 Å². The molecule has 0 radical (unpaired) electrons. The van der Waals surface area contributed by atoms with Crippen molar-refractivity contribution in [3.05, 3.63) is 48.0 Å². The number of aromatic nitrogens is 2. The predicted molar refractivity (Wildman–Crippen MR) is 66.4 cm³/mol. The smallest absolute Gasteiger partial charge is 0.128 e. The largest absolute Gasteiger partial charge is 0.377 e. The van der Waals surface area contributed by atoms with Gasteiger partial charge < -0.3 is 9.88 Å². The van der Waals surface area contributed by atoms with Gasteiger partial charge in [-0.2, -0.15) is 5.26 Å². The van der Waals surface area contributed by atoms with E-state index in [1.807, 2.05) is 24.4 Å². The van der Waals surface area contributed by atoms with E-state index >= 15 is 0 Å². The van der Waals surface area contributed by atoms with E-state index in [4.69, 9.17) is 5.26 Å². The first-order chi connectivity index (χ1) is 8.35. The minimum atomic E-state index is 0.625. The number of para-hydroxylation sites is 1. The first-order valence-electron chi connectivity index (χ1n) is 5.58. The molecule has 1 aromatic heterocycles. The molecule has 0 aliphatic carbocycles. The lowest BCUT2D eigenvalue weighted by molar-refractivity contribution is 0.708. The molecule has 2 aromatic rings. The lowest BCUT2D eigenvalue weighted by Crippen LogP contribution is -2.08. The second-order valence-corrected chi connectivity index (χ2v) is 3.64. The number of aryl methyl sites for hydroxylation is 1. The first-order valence-corrected chi connectivity index (χ1v) is 5.58. The summed E-state index contributed by atoms with van der Waals surface area (Å²) >= 11 is 0. The third-order valence-electron chi connectivity index (χ3n) is 2.63. The zero-order valence-corrected chi connectivity index (χ0v) is 9.72. The topological polar surface area (TPSA) is 53.6 Å². The Labute approximate surface area is 101 Å². The molecule has 0 saturated heterocycles. The Balaban J connectivity index is 2.10. The van der Waals surface area contributed by atoms with E-state index in [9.17, 15) is 0 Å². The van der Waals surface area contributed by atoms with Crippen LogP contribution in [0.1, 0.15) is 18.3 Å². The SMILES string of the molecule is CCn1ccnc1CNc1ccccc1C#N. The summed E-state index contributed by atoms with van der Waals surface area (Å²) < 4.78 is 2.07. The molecule has 0 fully saturated rings. The van der Waals surface area contributed by atoms with E-state index in [1.165, 1.54) is 0 Å². The van der Waals surface area contributed by atoms with Gasteiger partial charge in [-0.15, -0.1) is 0 Å². The van der Waals surface area contributed by atoms with Gasteiger partial charge in [0.25, 0.3) is 0 Å². The Morgan fingerprint density at radius 2 is 2.24 bits per heavy atom. The van der Waals surface area contributed by atoms with E-state index in [1.54, 1.807) is 12.3 Å². The number of hydrogen-bond donors (Lipinski definition) is 1. The van der Waals surface area contributed by atoms with Crippen LogP contribution in [-0.2, 0) is 13.1 Å².